The molecule has 1 saturated carbocycles. The van der Waals surface area contributed by atoms with Crippen LogP contribution in [0.5, 0.6) is 5.75 Å². The fourth-order valence-corrected chi connectivity index (χ4v) is 2.68. The van der Waals surface area contributed by atoms with Gasteiger partial charge in [-0.05, 0) is 64.7 Å². The van der Waals surface area contributed by atoms with E-state index in [0.717, 1.165) is 12.8 Å². The molecule has 6 heteroatoms. The molecule has 0 heterocycles. The maximum atomic E-state index is 13.3. The molecule has 0 aliphatic heterocycles. The van der Waals surface area contributed by atoms with Crippen LogP contribution in [0.25, 0.3) is 0 Å². The van der Waals surface area contributed by atoms with Crippen molar-refractivity contribution in [1.29, 1.82) is 0 Å². The van der Waals surface area contributed by atoms with Crippen LogP contribution in [0, 0.1) is 11.7 Å². The van der Waals surface area contributed by atoms with Gasteiger partial charge in [-0.2, -0.15) is 0 Å². The highest BCUT2D eigenvalue weighted by molar-refractivity contribution is 5.68. The fraction of sp³-hybridized carbons (Fsp3) is 0.611. The summed E-state index contributed by atoms with van der Waals surface area (Å²) in [6.07, 6.45) is 1.30. The summed E-state index contributed by atoms with van der Waals surface area (Å²) in [5.41, 5.74) is 6.03. The van der Waals surface area contributed by atoms with Crippen LogP contribution < -0.4 is 15.8 Å². The number of carbonyl (C=O) groups is 1. The van der Waals surface area contributed by atoms with Gasteiger partial charge in [0.1, 0.15) is 17.2 Å². The molecule has 1 fully saturated rings. The molecule has 134 valence electrons. The van der Waals surface area contributed by atoms with Gasteiger partial charge in [-0.15, -0.1) is 0 Å². The topological polar surface area (TPSA) is 73.6 Å². The van der Waals surface area contributed by atoms with Gasteiger partial charge in [-0.25, -0.2) is 9.18 Å². The second-order valence-electron chi connectivity index (χ2n) is 7.46. The smallest absolute Gasteiger partial charge is 0.407 e. The molecule has 0 spiro atoms. The molecular weight excluding hydrogens is 311 g/mol. The van der Waals surface area contributed by atoms with E-state index in [4.69, 9.17) is 15.2 Å². The first-order valence-corrected chi connectivity index (χ1v) is 8.31. The fourth-order valence-electron chi connectivity index (χ4n) is 2.68. The lowest BCUT2D eigenvalue weighted by Crippen LogP contribution is -2.47. The number of hydrogen-bond donors (Lipinski definition) is 2. The predicted molar refractivity (Wildman–Crippen MR) is 90.4 cm³/mol. The number of carbonyl (C=O) groups excluding carboxylic acids is 1. The zero-order valence-corrected chi connectivity index (χ0v) is 14.8. The molecule has 3 N–H and O–H groups in total. The van der Waals surface area contributed by atoms with E-state index >= 15 is 0 Å². The zero-order chi connectivity index (χ0) is 17.9. The van der Waals surface area contributed by atoms with Gasteiger partial charge >= 0.3 is 6.09 Å². The predicted octanol–water partition coefficient (Wildman–Crippen LogP) is 3.53. The van der Waals surface area contributed by atoms with Crippen molar-refractivity contribution in [2.45, 2.75) is 58.2 Å². The van der Waals surface area contributed by atoms with Crippen LogP contribution in [-0.4, -0.2) is 24.3 Å². The number of alkyl carbamates (subject to hydrolysis) is 1. The Balaban J connectivity index is 1.76. The Morgan fingerprint density at radius 3 is 2.67 bits per heavy atom. The van der Waals surface area contributed by atoms with Crippen LogP contribution >= 0.6 is 0 Å². The van der Waals surface area contributed by atoms with Crippen molar-refractivity contribution in [3.63, 3.8) is 0 Å². The van der Waals surface area contributed by atoms with Crippen molar-refractivity contribution in [3.8, 4) is 5.75 Å². The molecule has 1 amide bonds. The van der Waals surface area contributed by atoms with Crippen LogP contribution in [0.4, 0.5) is 9.18 Å². The van der Waals surface area contributed by atoms with Crippen LogP contribution in [-0.2, 0) is 4.74 Å². The molecule has 1 aromatic carbocycles. The Bertz CT molecular complexity index is 578. The largest absolute Gasteiger partial charge is 0.493 e. The monoisotopic (exact) mass is 338 g/mol. The minimum atomic E-state index is -0.492. The van der Waals surface area contributed by atoms with E-state index in [9.17, 15) is 9.18 Å². The summed E-state index contributed by atoms with van der Waals surface area (Å²) < 4.78 is 24.3. The third-order valence-corrected chi connectivity index (χ3v) is 3.89. The molecule has 0 saturated heterocycles. The Hall–Kier alpha value is -1.82. The summed E-state index contributed by atoms with van der Waals surface area (Å²) in [7, 11) is 0. The standard InChI is InChI=1S/C18H27FN2O3/c1-11(20)15-9-13(19)5-6-16(15)23-10-12-7-14(8-12)21-17(22)24-18(2,3)4/h5-6,9,11-12,14H,7-8,10,20H2,1-4H3,(H,21,22)/t11-,12?,14?/m1/s1. The highest BCUT2D eigenvalue weighted by Gasteiger charge is 2.32. The minimum Gasteiger partial charge on any atom is -0.493 e. The van der Waals surface area contributed by atoms with Gasteiger partial charge in [0.05, 0.1) is 6.61 Å². The number of ether oxygens (including phenoxy) is 2. The first kappa shape index (κ1) is 18.5. The lowest BCUT2D eigenvalue weighted by molar-refractivity contribution is 0.0428. The van der Waals surface area contributed by atoms with Gasteiger partial charge in [0.2, 0.25) is 0 Å². The third kappa shape index (κ3) is 5.37. The first-order valence-electron chi connectivity index (χ1n) is 8.31. The average Bonchev–Trinajstić information content (AvgIpc) is 2.40. The van der Waals surface area contributed by atoms with E-state index in [1.165, 1.54) is 12.1 Å². The normalized spacial score (nSPS) is 21.6. The molecule has 1 aliphatic carbocycles. The van der Waals surface area contributed by atoms with Crippen molar-refractivity contribution in [3.05, 3.63) is 29.6 Å². The summed E-state index contributed by atoms with van der Waals surface area (Å²) in [5, 5.41) is 2.85. The molecule has 0 unspecified atom stereocenters. The van der Waals surface area contributed by atoms with E-state index in [0.29, 0.717) is 23.8 Å². The Kier molecular flexibility index (Phi) is 5.70. The highest BCUT2D eigenvalue weighted by atomic mass is 19.1. The number of halogens is 1. The molecule has 24 heavy (non-hydrogen) atoms. The molecule has 1 aromatic rings. The maximum Gasteiger partial charge on any atom is 0.407 e. The summed E-state index contributed by atoms with van der Waals surface area (Å²) in [4.78, 5) is 11.7. The van der Waals surface area contributed by atoms with E-state index < -0.39 is 5.60 Å². The summed E-state index contributed by atoms with van der Waals surface area (Å²) in [6, 6.07) is 4.22. The summed E-state index contributed by atoms with van der Waals surface area (Å²) in [5.74, 6) is 0.658. The van der Waals surface area contributed by atoms with E-state index in [1.54, 1.807) is 13.0 Å². The van der Waals surface area contributed by atoms with Crippen molar-refractivity contribution in [2.24, 2.45) is 11.7 Å². The average molecular weight is 338 g/mol. The Labute approximate surface area is 142 Å². The van der Waals surface area contributed by atoms with Crippen molar-refractivity contribution in [1.82, 2.24) is 5.32 Å². The quantitative estimate of drug-likeness (QED) is 0.861. The first-order chi connectivity index (χ1) is 11.1. The molecule has 5 nitrogen and oxygen atoms in total. The molecule has 0 bridgehead atoms. The van der Waals surface area contributed by atoms with Gasteiger partial charge in [0.15, 0.2) is 0 Å². The molecule has 1 atom stereocenters. The minimum absolute atomic E-state index is 0.120. The number of nitrogens with one attached hydrogen (secondary N) is 1. The van der Waals surface area contributed by atoms with E-state index in [2.05, 4.69) is 5.32 Å². The van der Waals surface area contributed by atoms with Gasteiger partial charge < -0.3 is 20.5 Å². The maximum absolute atomic E-state index is 13.3. The van der Waals surface area contributed by atoms with Crippen LogP contribution in [0.15, 0.2) is 18.2 Å². The number of nitrogens with two attached hydrogens (primary N) is 1. The second-order valence-corrected chi connectivity index (χ2v) is 7.46. The molecule has 0 aromatic heterocycles. The van der Waals surface area contributed by atoms with Gasteiger partial charge in [0.25, 0.3) is 0 Å². The summed E-state index contributed by atoms with van der Waals surface area (Å²) >= 11 is 0. The van der Waals surface area contributed by atoms with Crippen LogP contribution in [0.1, 0.15) is 52.1 Å². The lowest BCUT2D eigenvalue weighted by atomic mass is 9.81. The van der Waals surface area contributed by atoms with Gasteiger partial charge in [-0.3, -0.25) is 0 Å². The van der Waals surface area contributed by atoms with Crippen molar-refractivity contribution < 1.29 is 18.7 Å². The lowest BCUT2D eigenvalue weighted by Gasteiger charge is -2.36. The third-order valence-electron chi connectivity index (χ3n) is 3.89. The Morgan fingerprint density at radius 2 is 2.08 bits per heavy atom. The molecule has 2 rings (SSSR count). The second kappa shape index (κ2) is 7.38. The SMILES string of the molecule is C[C@@H](N)c1cc(F)ccc1OCC1CC(NC(=O)OC(C)(C)C)C1. The van der Waals surface area contributed by atoms with E-state index in [-0.39, 0.29) is 24.0 Å². The zero-order valence-electron chi connectivity index (χ0n) is 14.8. The number of rotatable bonds is 5. The molecule has 0 radical (unpaired) electrons. The van der Waals surface area contributed by atoms with Crippen molar-refractivity contribution in [2.75, 3.05) is 6.61 Å². The highest BCUT2D eigenvalue weighted by Crippen LogP contribution is 2.30. The van der Waals surface area contributed by atoms with Gasteiger partial charge in [0, 0.05) is 17.6 Å². The van der Waals surface area contributed by atoms with Crippen LogP contribution in [0.3, 0.4) is 0 Å². The number of hydrogen-bond acceptors (Lipinski definition) is 4. The Morgan fingerprint density at radius 1 is 1.42 bits per heavy atom. The summed E-state index contributed by atoms with van der Waals surface area (Å²) in [6.45, 7) is 7.83. The van der Waals surface area contributed by atoms with Crippen LogP contribution in [0.2, 0.25) is 0 Å². The molecule has 1 aliphatic rings. The van der Waals surface area contributed by atoms with Gasteiger partial charge in [-0.1, -0.05) is 0 Å². The van der Waals surface area contributed by atoms with Crippen molar-refractivity contribution >= 4 is 6.09 Å². The molecular formula is C18H27FN2O3. The number of benzene rings is 1. The van der Waals surface area contributed by atoms with E-state index in [1.807, 2.05) is 20.8 Å². The number of amides is 1.